The first-order valence-corrected chi connectivity index (χ1v) is 11.4. The molecule has 6 rings (SSSR count). The summed E-state index contributed by atoms with van der Waals surface area (Å²) >= 11 is 1.21. The van der Waals surface area contributed by atoms with E-state index in [2.05, 4.69) is 10.3 Å². The molecule has 0 unspecified atom stereocenters. The molecule has 0 saturated heterocycles. The van der Waals surface area contributed by atoms with Crippen molar-refractivity contribution < 1.29 is 9.72 Å². The van der Waals surface area contributed by atoms with Crippen LogP contribution in [0.5, 0.6) is 0 Å². The second-order valence-electron chi connectivity index (χ2n) is 7.78. The lowest BCUT2D eigenvalue weighted by Gasteiger charge is -2.07. The molecule has 1 amide bonds. The van der Waals surface area contributed by atoms with Gasteiger partial charge in [-0.2, -0.15) is 0 Å². The molecule has 0 radical (unpaired) electrons. The lowest BCUT2D eigenvalue weighted by atomic mass is 10.2. The van der Waals surface area contributed by atoms with Gasteiger partial charge in [0.2, 0.25) is 5.91 Å². The first-order chi connectivity index (χ1) is 16.6. The molecule has 10 heteroatoms. The van der Waals surface area contributed by atoms with Gasteiger partial charge in [0, 0.05) is 30.5 Å². The van der Waals surface area contributed by atoms with Crippen LogP contribution < -0.4 is 5.32 Å². The molecule has 0 bridgehead atoms. The Bertz CT molecular complexity index is 1760. The SMILES string of the molecule is O=C(CCn1c2ccccc2c2nc3ccccc3nc21)Nc1nc2ccc([N+](=O)[O-])cc2s1. The van der Waals surface area contributed by atoms with Gasteiger partial charge in [-0.1, -0.05) is 41.7 Å². The largest absolute Gasteiger partial charge is 0.323 e. The molecule has 34 heavy (non-hydrogen) atoms. The Labute approximate surface area is 195 Å². The number of nitro benzene ring substituents is 1. The zero-order valence-electron chi connectivity index (χ0n) is 17.6. The fraction of sp³-hybridized carbons (Fsp3) is 0.0833. The van der Waals surface area contributed by atoms with Crippen LogP contribution in [-0.4, -0.2) is 30.3 Å². The highest BCUT2D eigenvalue weighted by atomic mass is 32.1. The second kappa shape index (κ2) is 7.85. The van der Waals surface area contributed by atoms with Crippen LogP contribution in [0, 0.1) is 10.1 Å². The Balaban J connectivity index is 1.29. The van der Waals surface area contributed by atoms with Gasteiger partial charge in [-0.25, -0.2) is 15.0 Å². The number of carbonyl (C=O) groups is 1. The molecule has 0 aliphatic heterocycles. The molecule has 0 aliphatic carbocycles. The van der Waals surface area contributed by atoms with Crippen LogP contribution in [0.15, 0.2) is 66.7 Å². The highest BCUT2D eigenvalue weighted by molar-refractivity contribution is 7.22. The van der Waals surface area contributed by atoms with Crippen LogP contribution in [0.3, 0.4) is 0 Å². The average Bonchev–Trinajstić information content (AvgIpc) is 3.38. The van der Waals surface area contributed by atoms with Crippen LogP contribution in [0.25, 0.3) is 43.3 Å². The Morgan fingerprint density at radius 1 is 0.971 bits per heavy atom. The number of aryl methyl sites for hydroxylation is 1. The average molecular weight is 468 g/mol. The maximum atomic E-state index is 12.7. The number of carbonyl (C=O) groups excluding carboxylic acids is 1. The monoisotopic (exact) mass is 468 g/mol. The minimum absolute atomic E-state index is 0.00553. The summed E-state index contributed by atoms with van der Waals surface area (Å²) in [5.41, 5.74) is 4.73. The zero-order valence-corrected chi connectivity index (χ0v) is 18.5. The van der Waals surface area contributed by atoms with Crippen molar-refractivity contribution in [1.29, 1.82) is 0 Å². The van der Waals surface area contributed by atoms with Crippen molar-refractivity contribution in [1.82, 2.24) is 19.5 Å². The molecule has 0 spiro atoms. The summed E-state index contributed by atoms with van der Waals surface area (Å²) in [5.74, 6) is -0.201. The van der Waals surface area contributed by atoms with Gasteiger partial charge in [0.15, 0.2) is 10.8 Å². The Hall–Kier alpha value is -4.44. The summed E-state index contributed by atoms with van der Waals surface area (Å²) in [4.78, 5) is 37.3. The van der Waals surface area contributed by atoms with E-state index >= 15 is 0 Å². The third kappa shape index (κ3) is 3.41. The van der Waals surface area contributed by atoms with Crippen molar-refractivity contribution >= 4 is 71.4 Å². The molecule has 166 valence electrons. The molecule has 9 nitrogen and oxygen atoms in total. The number of thiazole rings is 1. The molecule has 6 aromatic rings. The highest BCUT2D eigenvalue weighted by Gasteiger charge is 2.16. The first kappa shape index (κ1) is 20.2. The van der Waals surface area contributed by atoms with E-state index in [1.54, 1.807) is 6.07 Å². The molecule has 3 aromatic carbocycles. The number of anilines is 1. The van der Waals surface area contributed by atoms with Crippen molar-refractivity contribution in [2.75, 3.05) is 5.32 Å². The summed E-state index contributed by atoms with van der Waals surface area (Å²) < 4.78 is 2.67. The Morgan fingerprint density at radius 2 is 1.74 bits per heavy atom. The molecular formula is C24H16N6O3S. The van der Waals surface area contributed by atoms with E-state index in [4.69, 9.17) is 9.97 Å². The number of fused-ring (bicyclic) bond motifs is 5. The lowest BCUT2D eigenvalue weighted by Crippen LogP contribution is -2.14. The van der Waals surface area contributed by atoms with Crippen molar-refractivity contribution in [2.45, 2.75) is 13.0 Å². The quantitative estimate of drug-likeness (QED) is 0.272. The summed E-state index contributed by atoms with van der Waals surface area (Å²) in [6.45, 7) is 0.416. The van der Waals surface area contributed by atoms with E-state index in [1.807, 2.05) is 53.1 Å². The Morgan fingerprint density at radius 3 is 2.56 bits per heavy atom. The molecule has 3 heterocycles. The van der Waals surface area contributed by atoms with Crippen molar-refractivity contribution in [3.05, 3.63) is 76.8 Å². The summed E-state index contributed by atoms with van der Waals surface area (Å²) in [6.07, 6.45) is 0.207. The van der Waals surface area contributed by atoms with Crippen LogP contribution in [0.2, 0.25) is 0 Å². The standard InChI is InChI=1S/C24H16N6O3S/c31-21(28-24-27-18-10-9-14(30(32)33)13-20(18)34-24)11-12-29-19-8-4-1-5-15(19)22-23(29)26-17-7-3-2-6-16(17)25-22/h1-10,13H,11-12H2,(H,27,28,31). The number of amides is 1. The molecule has 0 aliphatic rings. The number of nitrogens with one attached hydrogen (secondary N) is 1. The number of rotatable bonds is 5. The lowest BCUT2D eigenvalue weighted by molar-refractivity contribution is -0.384. The number of hydrogen-bond donors (Lipinski definition) is 1. The van der Waals surface area contributed by atoms with Crippen LogP contribution in [-0.2, 0) is 11.3 Å². The van der Waals surface area contributed by atoms with Gasteiger partial charge in [-0.05, 0) is 24.3 Å². The third-order valence-electron chi connectivity index (χ3n) is 5.65. The van der Waals surface area contributed by atoms with E-state index in [1.165, 1.54) is 23.5 Å². The summed E-state index contributed by atoms with van der Waals surface area (Å²) in [6, 6.07) is 20.1. The highest BCUT2D eigenvalue weighted by Crippen LogP contribution is 2.30. The van der Waals surface area contributed by atoms with Crippen molar-refractivity contribution in [3.8, 4) is 0 Å². The van der Waals surface area contributed by atoms with Crippen molar-refractivity contribution in [2.24, 2.45) is 0 Å². The molecule has 1 N–H and O–H groups in total. The summed E-state index contributed by atoms with van der Waals surface area (Å²) in [5, 5.41) is 15.2. The van der Waals surface area contributed by atoms with Crippen LogP contribution >= 0.6 is 11.3 Å². The molecule has 3 aromatic heterocycles. The predicted molar refractivity (Wildman–Crippen MR) is 132 cm³/mol. The van der Waals surface area contributed by atoms with Gasteiger partial charge >= 0.3 is 0 Å². The number of nitrogens with zero attached hydrogens (tertiary/aromatic N) is 5. The van der Waals surface area contributed by atoms with Gasteiger partial charge in [-0.3, -0.25) is 14.9 Å². The smallest absolute Gasteiger partial charge is 0.270 e. The van der Waals surface area contributed by atoms with Gasteiger partial charge in [0.05, 0.1) is 31.7 Å². The second-order valence-corrected chi connectivity index (χ2v) is 8.81. The number of benzene rings is 3. The maximum absolute atomic E-state index is 12.7. The van der Waals surface area contributed by atoms with Gasteiger partial charge in [0.1, 0.15) is 5.52 Å². The van der Waals surface area contributed by atoms with E-state index in [0.29, 0.717) is 21.9 Å². The number of non-ortho nitro benzene ring substituents is 1. The molecular weight excluding hydrogens is 452 g/mol. The minimum atomic E-state index is -0.449. The third-order valence-corrected chi connectivity index (χ3v) is 6.58. The van der Waals surface area contributed by atoms with Gasteiger partial charge < -0.3 is 9.88 Å². The molecule has 0 fully saturated rings. The number of para-hydroxylation sites is 3. The predicted octanol–water partition coefficient (Wildman–Crippen LogP) is 5.28. The minimum Gasteiger partial charge on any atom is -0.323 e. The van der Waals surface area contributed by atoms with Gasteiger partial charge in [-0.15, -0.1) is 0 Å². The Kier molecular flexibility index (Phi) is 4.66. The maximum Gasteiger partial charge on any atom is 0.270 e. The normalized spacial score (nSPS) is 11.5. The number of aromatic nitrogens is 4. The topological polar surface area (TPSA) is 116 Å². The van der Waals surface area contributed by atoms with E-state index in [0.717, 1.165) is 33.1 Å². The van der Waals surface area contributed by atoms with Gasteiger partial charge in [0.25, 0.3) is 5.69 Å². The van der Waals surface area contributed by atoms with E-state index in [9.17, 15) is 14.9 Å². The van der Waals surface area contributed by atoms with E-state index < -0.39 is 4.92 Å². The molecule has 0 atom stereocenters. The fourth-order valence-electron chi connectivity index (χ4n) is 4.08. The first-order valence-electron chi connectivity index (χ1n) is 10.6. The van der Waals surface area contributed by atoms with E-state index in [-0.39, 0.29) is 18.0 Å². The number of hydrogen-bond acceptors (Lipinski definition) is 7. The van der Waals surface area contributed by atoms with Crippen LogP contribution in [0.1, 0.15) is 6.42 Å². The zero-order chi connectivity index (χ0) is 23.2. The fourth-order valence-corrected chi connectivity index (χ4v) is 5.00. The summed E-state index contributed by atoms with van der Waals surface area (Å²) in [7, 11) is 0. The van der Waals surface area contributed by atoms with Crippen molar-refractivity contribution in [3.63, 3.8) is 0 Å². The van der Waals surface area contributed by atoms with Crippen LogP contribution in [0.4, 0.5) is 10.8 Å². The molecule has 0 saturated carbocycles. The number of nitro groups is 1.